The number of unbranched alkanes of at least 4 members (excludes halogenated alkanes) is 1. The molecule has 4 heteroatoms. The number of hydrogen-bond acceptors (Lipinski definition) is 3. The number of hydrogen-bond donors (Lipinski definition) is 0. The lowest BCUT2D eigenvalue weighted by Gasteiger charge is -2.13. The van der Waals surface area contributed by atoms with E-state index in [2.05, 4.69) is 0 Å². The summed E-state index contributed by atoms with van der Waals surface area (Å²) in [5, 5.41) is 0.578. The molecule has 0 aliphatic rings. The van der Waals surface area contributed by atoms with E-state index in [9.17, 15) is 4.79 Å². The van der Waals surface area contributed by atoms with Crippen LogP contribution in [0.1, 0.15) is 26.7 Å². The lowest BCUT2D eigenvalue weighted by Crippen LogP contribution is -2.26. The minimum absolute atomic E-state index is 0.349. The Labute approximate surface area is 107 Å². The fraction of sp³-hybridized carbons (Fsp3) is 0.462. The third kappa shape index (κ3) is 5.09. The molecule has 1 aromatic rings. The van der Waals surface area contributed by atoms with Crippen molar-refractivity contribution in [2.75, 3.05) is 6.61 Å². The molecule has 0 fully saturated rings. The van der Waals surface area contributed by atoms with E-state index in [0.717, 1.165) is 12.8 Å². The maximum Gasteiger partial charge on any atom is 0.347 e. The molecular formula is C13H17ClO3. The molecule has 3 nitrogen and oxygen atoms in total. The second kappa shape index (κ2) is 7.17. The Balaban J connectivity index is 2.43. The van der Waals surface area contributed by atoms with Gasteiger partial charge < -0.3 is 9.47 Å². The number of esters is 1. The van der Waals surface area contributed by atoms with Gasteiger partial charge in [-0.05, 0) is 31.5 Å². The van der Waals surface area contributed by atoms with E-state index in [0.29, 0.717) is 17.4 Å². The van der Waals surface area contributed by atoms with Crippen LogP contribution in [-0.2, 0) is 9.53 Å². The predicted octanol–water partition coefficient (Wildman–Crippen LogP) is 3.45. The summed E-state index contributed by atoms with van der Waals surface area (Å²) >= 11 is 5.81. The van der Waals surface area contributed by atoms with Gasteiger partial charge in [-0.25, -0.2) is 4.79 Å². The first-order valence-electron chi connectivity index (χ1n) is 5.72. The van der Waals surface area contributed by atoms with E-state index in [1.54, 1.807) is 31.2 Å². The number of ether oxygens (including phenoxy) is 2. The lowest BCUT2D eigenvalue weighted by atomic mass is 10.3. The van der Waals surface area contributed by atoms with Crippen LogP contribution in [0, 0.1) is 0 Å². The molecule has 0 N–H and O–H groups in total. The van der Waals surface area contributed by atoms with Crippen LogP contribution >= 0.6 is 11.6 Å². The van der Waals surface area contributed by atoms with Crippen molar-refractivity contribution in [3.8, 4) is 5.75 Å². The van der Waals surface area contributed by atoms with Gasteiger partial charge in [-0.15, -0.1) is 0 Å². The number of halogens is 1. The molecule has 1 aromatic carbocycles. The Hall–Kier alpha value is -1.22. The van der Waals surface area contributed by atoms with Crippen molar-refractivity contribution in [2.45, 2.75) is 32.8 Å². The molecule has 0 aromatic heterocycles. The maximum atomic E-state index is 11.5. The summed E-state index contributed by atoms with van der Waals surface area (Å²) in [5.41, 5.74) is 0. The van der Waals surface area contributed by atoms with Gasteiger partial charge in [0.1, 0.15) is 5.75 Å². The molecule has 0 radical (unpaired) electrons. The van der Waals surface area contributed by atoms with E-state index in [4.69, 9.17) is 21.1 Å². The van der Waals surface area contributed by atoms with Crippen LogP contribution in [0.25, 0.3) is 0 Å². The van der Waals surface area contributed by atoms with E-state index in [1.165, 1.54) is 0 Å². The highest BCUT2D eigenvalue weighted by Crippen LogP contribution is 2.18. The number of carbonyl (C=O) groups is 1. The summed E-state index contributed by atoms with van der Waals surface area (Å²) in [6, 6.07) is 6.94. The summed E-state index contributed by atoms with van der Waals surface area (Å²) in [6.07, 6.45) is 1.25. The molecule has 0 aliphatic heterocycles. The van der Waals surface area contributed by atoms with Gasteiger partial charge in [0.25, 0.3) is 0 Å². The largest absolute Gasteiger partial charge is 0.479 e. The van der Waals surface area contributed by atoms with Gasteiger partial charge in [0.2, 0.25) is 0 Å². The summed E-state index contributed by atoms with van der Waals surface area (Å²) in [5.74, 6) is 0.218. The summed E-state index contributed by atoms with van der Waals surface area (Å²) in [6.45, 7) is 4.15. The van der Waals surface area contributed by atoms with Crippen molar-refractivity contribution in [1.82, 2.24) is 0 Å². The van der Waals surface area contributed by atoms with Crippen LogP contribution in [0.3, 0.4) is 0 Å². The average Bonchev–Trinajstić information content (AvgIpc) is 2.29. The lowest BCUT2D eigenvalue weighted by molar-refractivity contribution is -0.151. The summed E-state index contributed by atoms with van der Waals surface area (Å²) < 4.78 is 10.5. The highest BCUT2D eigenvalue weighted by Gasteiger charge is 2.15. The van der Waals surface area contributed by atoms with Gasteiger partial charge in [0, 0.05) is 5.02 Å². The zero-order chi connectivity index (χ0) is 12.7. The third-order valence-corrected chi connectivity index (χ3v) is 2.42. The first-order valence-corrected chi connectivity index (χ1v) is 6.10. The van der Waals surface area contributed by atoms with E-state index >= 15 is 0 Å². The quantitative estimate of drug-likeness (QED) is 0.578. The van der Waals surface area contributed by atoms with Crippen LogP contribution in [0.15, 0.2) is 24.3 Å². The minimum Gasteiger partial charge on any atom is -0.479 e. The summed E-state index contributed by atoms with van der Waals surface area (Å²) in [4.78, 5) is 11.5. The topological polar surface area (TPSA) is 35.5 Å². The molecule has 0 unspecified atom stereocenters. The van der Waals surface area contributed by atoms with Gasteiger partial charge in [0.05, 0.1) is 6.61 Å². The highest BCUT2D eigenvalue weighted by molar-refractivity contribution is 6.30. The second-order valence-corrected chi connectivity index (χ2v) is 4.17. The smallest absolute Gasteiger partial charge is 0.347 e. The first kappa shape index (κ1) is 13.8. The highest BCUT2D eigenvalue weighted by atomic mass is 35.5. The molecule has 0 bridgehead atoms. The van der Waals surface area contributed by atoms with Gasteiger partial charge >= 0.3 is 5.97 Å². The Kier molecular flexibility index (Phi) is 5.84. The van der Waals surface area contributed by atoms with Crippen molar-refractivity contribution in [2.24, 2.45) is 0 Å². The van der Waals surface area contributed by atoms with Crippen molar-refractivity contribution in [1.29, 1.82) is 0 Å². The zero-order valence-corrected chi connectivity index (χ0v) is 10.9. The van der Waals surface area contributed by atoms with Crippen molar-refractivity contribution >= 4 is 17.6 Å². The van der Waals surface area contributed by atoms with E-state index in [1.807, 2.05) is 6.92 Å². The van der Waals surface area contributed by atoms with E-state index in [-0.39, 0.29) is 5.97 Å². The standard InChI is InChI=1S/C13H17ClO3/c1-3-4-8-16-13(15)10(2)17-12-7-5-6-11(14)9-12/h5-7,9-10H,3-4,8H2,1-2H3/t10-/m0/s1. The molecule has 0 saturated heterocycles. The number of benzene rings is 1. The number of rotatable bonds is 6. The fourth-order valence-electron chi connectivity index (χ4n) is 1.23. The van der Waals surface area contributed by atoms with Crippen LogP contribution < -0.4 is 4.74 Å². The van der Waals surface area contributed by atoms with Crippen LogP contribution in [0.4, 0.5) is 0 Å². The SMILES string of the molecule is CCCCOC(=O)[C@H](C)Oc1cccc(Cl)c1. The average molecular weight is 257 g/mol. The summed E-state index contributed by atoms with van der Waals surface area (Å²) in [7, 11) is 0. The first-order chi connectivity index (χ1) is 8.13. The minimum atomic E-state index is -0.620. The normalized spacial score (nSPS) is 11.9. The van der Waals surface area contributed by atoms with Gasteiger partial charge in [-0.2, -0.15) is 0 Å². The predicted molar refractivity (Wildman–Crippen MR) is 67.4 cm³/mol. The van der Waals surface area contributed by atoms with Gasteiger partial charge in [-0.1, -0.05) is 31.0 Å². The zero-order valence-electron chi connectivity index (χ0n) is 10.1. The van der Waals surface area contributed by atoms with Gasteiger partial charge in [-0.3, -0.25) is 0 Å². The number of carbonyl (C=O) groups excluding carboxylic acids is 1. The monoisotopic (exact) mass is 256 g/mol. The van der Waals surface area contributed by atoms with Crippen molar-refractivity contribution in [3.63, 3.8) is 0 Å². The Morgan fingerprint density at radius 3 is 2.88 bits per heavy atom. The Morgan fingerprint density at radius 2 is 2.24 bits per heavy atom. The van der Waals surface area contributed by atoms with Crippen LogP contribution in [0.5, 0.6) is 5.75 Å². The molecule has 0 spiro atoms. The molecular weight excluding hydrogens is 240 g/mol. The fourth-order valence-corrected chi connectivity index (χ4v) is 1.41. The molecule has 1 rings (SSSR count). The van der Waals surface area contributed by atoms with Crippen LogP contribution in [-0.4, -0.2) is 18.7 Å². The Morgan fingerprint density at radius 1 is 1.47 bits per heavy atom. The van der Waals surface area contributed by atoms with Crippen molar-refractivity contribution < 1.29 is 14.3 Å². The molecule has 0 aliphatic carbocycles. The third-order valence-electron chi connectivity index (χ3n) is 2.18. The van der Waals surface area contributed by atoms with Crippen molar-refractivity contribution in [3.05, 3.63) is 29.3 Å². The maximum absolute atomic E-state index is 11.5. The molecule has 0 amide bonds. The van der Waals surface area contributed by atoms with Gasteiger partial charge in [0.15, 0.2) is 6.10 Å². The molecule has 94 valence electrons. The molecule has 0 heterocycles. The molecule has 17 heavy (non-hydrogen) atoms. The molecule has 1 atom stereocenters. The van der Waals surface area contributed by atoms with E-state index < -0.39 is 6.10 Å². The Bertz CT molecular complexity index is 365. The molecule has 0 saturated carbocycles. The second-order valence-electron chi connectivity index (χ2n) is 3.74. The van der Waals surface area contributed by atoms with Crippen LogP contribution in [0.2, 0.25) is 5.02 Å².